The van der Waals surface area contributed by atoms with Crippen LogP contribution >= 0.6 is 12.6 Å². The van der Waals surface area contributed by atoms with Crippen molar-refractivity contribution < 1.29 is 0 Å². The number of hydrazine groups is 1. The van der Waals surface area contributed by atoms with Gasteiger partial charge in [0.25, 0.3) is 0 Å². The zero-order valence-corrected chi connectivity index (χ0v) is 7.36. The van der Waals surface area contributed by atoms with Gasteiger partial charge in [-0.3, -0.25) is 5.84 Å². The van der Waals surface area contributed by atoms with Crippen molar-refractivity contribution in [3.63, 3.8) is 0 Å². The fraction of sp³-hybridized carbons (Fsp3) is 0.250. The smallest absolute Gasteiger partial charge is 0.0498 e. The molecule has 1 aromatic carbocycles. The molecule has 0 aromatic heterocycles. The highest BCUT2D eigenvalue weighted by atomic mass is 32.1. The number of rotatable bonds is 2. The molecule has 0 aliphatic carbocycles. The highest BCUT2D eigenvalue weighted by Crippen LogP contribution is 2.16. The van der Waals surface area contributed by atoms with Crippen LogP contribution in [0.1, 0.15) is 12.5 Å². The van der Waals surface area contributed by atoms with Crippen molar-refractivity contribution in [2.45, 2.75) is 18.2 Å². The third-order valence-electron chi connectivity index (χ3n) is 1.55. The first kappa shape index (κ1) is 8.43. The third-order valence-corrected chi connectivity index (χ3v) is 1.81. The minimum absolute atomic E-state index is 0.911. The Bertz CT molecular complexity index is 226. The van der Waals surface area contributed by atoms with E-state index in [0.29, 0.717) is 0 Å². The van der Waals surface area contributed by atoms with Gasteiger partial charge in [0.15, 0.2) is 0 Å². The molecule has 0 spiro atoms. The fourth-order valence-corrected chi connectivity index (χ4v) is 1.27. The summed E-state index contributed by atoms with van der Waals surface area (Å²) in [6.07, 6.45) is 1.00. The van der Waals surface area contributed by atoms with Crippen molar-refractivity contribution in [3.05, 3.63) is 23.8 Å². The number of benzene rings is 1. The predicted octanol–water partition coefficient (Wildman–Crippen LogP) is 1.82. The Labute approximate surface area is 72.2 Å². The van der Waals surface area contributed by atoms with Crippen molar-refractivity contribution >= 4 is 18.3 Å². The van der Waals surface area contributed by atoms with E-state index in [-0.39, 0.29) is 0 Å². The van der Waals surface area contributed by atoms with Gasteiger partial charge in [0.2, 0.25) is 0 Å². The molecule has 2 nitrogen and oxygen atoms in total. The number of anilines is 1. The molecule has 0 saturated carbocycles. The Morgan fingerprint density at radius 2 is 2.18 bits per heavy atom. The Hall–Kier alpha value is -0.670. The Balaban J connectivity index is 3.02. The summed E-state index contributed by atoms with van der Waals surface area (Å²) in [6, 6.07) is 5.94. The van der Waals surface area contributed by atoms with Crippen LogP contribution in [0.15, 0.2) is 23.1 Å². The maximum atomic E-state index is 5.26. The van der Waals surface area contributed by atoms with Gasteiger partial charge in [0.1, 0.15) is 0 Å². The van der Waals surface area contributed by atoms with E-state index in [0.717, 1.165) is 17.0 Å². The van der Waals surface area contributed by atoms with Crippen LogP contribution in [0.25, 0.3) is 0 Å². The Morgan fingerprint density at radius 1 is 1.45 bits per heavy atom. The lowest BCUT2D eigenvalue weighted by atomic mass is 10.1. The molecule has 1 aromatic rings. The topological polar surface area (TPSA) is 38.0 Å². The molecule has 0 aliphatic heterocycles. The summed E-state index contributed by atoms with van der Waals surface area (Å²) in [7, 11) is 0. The average Bonchev–Trinajstić information content (AvgIpc) is 2.03. The molecular weight excluding hydrogens is 156 g/mol. The minimum Gasteiger partial charge on any atom is -0.324 e. The summed E-state index contributed by atoms with van der Waals surface area (Å²) in [5, 5.41) is 0. The van der Waals surface area contributed by atoms with E-state index < -0.39 is 0 Å². The molecule has 0 bridgehead atoms. The van der Waals surface area contributed by atoms with Gasteiger partial charge in [-0.05, 0) is 30.2 Å². The van der Waals surface area contributed by atoms with E-state index in [1.54, 1.807) is 0 Å². The number of aryl methyl sites for hydroxylation is 1. The van der Waals surface area contributed by atoms with Crippen LogP contribution in [0.2, 0.25) is 0 Å². The SMILES string of the molecule is CCc1cc(S)cc(NN)c1. The molecule has 0 amide bonds. The predicted molar refractivity (Wildman–Crippen MR) is 50.9 cm³/mol. The molecule has 60 valence electrons. The lowest BCUT2D eigenvalue weighted by Gasteiger charge is -2.03. The summed E-state index contributed by atoms with van der Waals surface area (Å²) >= 11 is 4.24. The standard InChI is InChI=1S/C8H12N2S/c1-2-6-3-7(10-9)5-8(11)4-6/h3-5,10-11H,2,9H2,1H3. The summed E-state index contributed by atoms with van der Waals surface area (Å²) < 4.78 is 0. The number of nitrogens with two attached hydrogens (primary N) is 1. The average molecular weight is 168 g/mol. The molecule has 1 rings (SSSR count). The maximum absolute atomic E-state index is 5.26. The van der Waals surface area contributed by atoms with Gasteiger partial charge in [0.05, 0.1) is 0 Å². The van der Waals surface area contributed by atoms with E-state index in [1.807, 2.05) is 18.2 Å². The van der Waals surface area contributed by atoms with Gasteiger partial charge in [0, 0.05) is 10.6 Å². The number of hydrogen-bond donors (Lipinski definition) is 3. The van der Waals surface area contributed by atoms with Crippen LogP contribution < -0.4 is 11.3 Å². The number of thiol groups is 1. The van der Waals surface area contributed by atoms with Gasteiger partial charge in [-0.15, -0.1) is 12.6 Å². The van der Waals surface area contributed by atoms with Crippen LogP contribution in [0.4, 0.5) is 5.69 Å². The molecule has 0 aliphatic rings. The first-order chi connectivity index (χ1) is 5.26. The molecule has 0 saturated heterocycles. The van der Waals surface area contributed by atoms with Gasteiger partial charge in [-0.2, -0.15) is 0 Å². The molecule has 3 N–H and O–H groups in total. The van der Waals surface area contributed by atoms with Crippen LogP contribution in [0.3, 0.4) is 0 Å². The van der Waals surface area contributed by atoms with E-state index >= 15 is 0 Å². The summed E-state index contributed by atoms with van der Waals surface area (Å²) in [5.74, 6) is 5.26. The normalized spacial score (nSPS) is 9.73. The second-order valence-electron chi connectivity index (χ2n) is 2.39. The summed E-state index contributed by atoms with van der Waals surface area (Å²) in [6.45, 7) is 2.10. The van der Waals surface area contributed by atoms with Crippen molar-refractivity contribution in [1.82, 2.24) is 0 Å². The van der Waals surface area contributed by atoms with Crippen LogP contribution in [-0.2, 0) is 6.42 Å². The largest absolute Gasteiger partial charge is 0.324 e. The molecule has 0 fully saturated rings. The molecule has 0 unspecified atom stereocenters. The monoisotopic (exact) mass is 168 g/mol. The third kappa shape index (κ3) is 2.13. The summed E-state index contributed by atoms with van der Waals surface area (Å²) in [5.41, 5.74) is 4.75. The number of nitrogen functional groups attached to an aromatic ring is 1. The number of nitrogens with one attached hydrogen (secondary N) is 1. The molecular formula is C8H12N2S. The molecule has 3 heteroatoms. The van der Waals surface area contributed by atoms with Gasteiger partial charge in [-0.1, -0.05) is 6.92 Å². The zero-order valence-electron chi connectivity index (χ0n) is 6.46. The van der Waals surface area contributed by atoms with Crippen LogP contribution in [0.5, 0.6) is 0 Å². The van der Waals surface area contributed by atoms with Gasteiger partial charge in [-0.25, -0.2) is 0 Å². The molecule has 0 heterocycles. The van der Waals surface area contributed by atoms with Crippen molar-refractivity contribution in [2.75, 3.05) is 5.43 Å². The van der Waals surface area contributed by atoms with Crippen molar-refractivity contribution in [2.24, 2.45) is 5.84 Å². The molecule has 0 radical (unpaired) electrons. The van der Waals surface area contributed by atoms with E-state index in [2.05, 4.69) is 25.0 Å². The Morgan fingerprint density at radius 3 is 2.73 bits per heavy atom. The highest BCUT2D eigenvalue weighted by Gasteiger charge is 1.94. The zero-order chi connectivity index (χ0) is 8.27. The minimum atomic E-state index is 0.911. The van der Waals surface area contributed by atoms with E-state index in [1.165, 1.54) is 5.56 Å². The quantitative estimate of drug-likeness (QED) is 0.358. The van der Waals surface area contributed by atoms with Crippen LogP contribution in [0, 0.1) is 0 Å². The Kier molecular flexibility index (Phi) is 2.79. The lowest BCUT2D eigenvalue weighted by molar-refractivity contribution is 1.12. The number of hydrogen-bond acceptors (Lipinski definition) is 3. The van der Waals surface area contributed by atoms with E-state index in [9.17, 15) is 0 Å². The maximum Gasteiger partial charge on any atom is 0.0498 e. The fourth-order valence-electron chi connectivity index (χ4n) is 0.961. The second kappa shape index (κ2) is 3.64. The molecule has 11 heavy (non-hydrogen) atoms. The van der Waals surface area contributed by atoms with Crippen molar-refractivity contribution in [3.8, 4) is 0 Å². The first-order valence-electron chi connectivity index (χ1n) is 3.55. The van der Waals surface area contributed by atoms with Crippen LogP contribution in [-0.4, -0.2) is 0 Å². The van der Waals surface area contributed by atoms with Gasteiger partial charge >= 0.3 is 0 Å². The lowest BCUT2D eigenvalue weighted by Crippen LogP contribution is -2.06. The van der Waals surface area contributed by atoms with Gasteiger partial charge < -0.3 is 5.43 Å². The van der Waals surface area contributed by atoms with Crippen molar-refractivity contribution in [1.29, 1.82) is 0 Å². The van der Waals surface area contributed by atoms with E-state index in [4.69, 9.17) is 5.84 Å². The highest BCUT2D eigenvalue weighted by molar-refractivity contribution is 7.80. The second-order valence-corrected chi connectivity index (χ2v) is 2.90. The summed E-state index contributed by atoms with van der Waals surface area (Å²) in [4.78, 5) is 0.942. The molecule has 0 atom stereocenters. The first-order valence-corrected chi connectivity index (χ1v) is 4.00.